The second-order valence-corrected chi connectivity index (χ2v) is 18.0. The lowest BCUT2D eigenvalue weighted by Gasteiger charge is -2.61. The topological polar surface area (TPSA) is 141 Å². The standard InChI is InChI=1S/C40H58N6O5S/c1-6-38(4)22-30(39(5)25(2)10-15-40(26(3)34(38)50)16-11-29(47)33(39)40)51-32(49)24-52-37-43-35-28(12-17-41-35)36(44-37)42-31(48)23-45-20-13-27(14-21-45)46-18-8-7-9-19-46/h6,12,17,25-27,30,33-34,50H,1,7-11,13-16,18-24H2,2-5H3,(H2,41,42,43,44,48)/t25-,26+,30-,33+,34+,38-,39+,40+/m1/s1. The van der Waals surface area contributed by atoms with Gasteiger partial charge >= 0.3 is 5.97 Å². The fourth-order valence-corrected chi connectivity index (χ4v) is 11.6. The fourth-order valence-electron chi connectivity index (χ4n) is 11.0. The van der Waals surface area contributed by atoms with E-state index < -0.39 is 29.0 Å². The highest BCUT2D eigenvalue weighted by Gasteiger charge is 2.68. The molecule has 2 aromatic heterocycles. The first-order chi connectivity index (χ1) is 24.9. The maximum Gasteiger partial charge on any atom is 0.316 e. The number of piperidine rings is 2. The van der Waals surface area contributed by atoms with E-state index in [4.69, 9.17) is 4.74 Å². The molecule has 0 radical (unpaired) electrons. The summed E-state index contributed by atoms with van der Waals surface area (Å²) in [5.41, 5.74) is -1.03. The van der Waals surface area contributed by atoms with E-state index in [0.717, 1.165) is 57.0 Å². The third-order valence-electron chi connectivity index (χ3n) is 14.4. The zero-order valence-corrected chi connectivity index (χ0v) is 32.3. The number of carbonyl (C=O) groups is 3. The van der Waals surface area contributed by atoms with Gasteiger partial charge in [-0.25, -0.2) is 9.97 Å². The van der Waals surface area contributed by atoms with Gasteiger partial charge in [0.1, 0.15) is 23.4 Å². The molecule has 52 heavy (non-hydrogen) atoms. The number of thioether (sulfide) groups is 1. The number of aromatic amines is 1. The molecule has 3 saturated carbocycles. The SMILES string of the molecule is C=C[C@]1(C)C[C@@H](OC(=O)CSc2nc(NC(=O)CN3CCC(N4CCCCC4)CC3)c3cc[nH]c3n2)[C@]2(C)[C@H](C)CC[C@]3(CCC(=O)[C@H]32)[C@@H](C)[C@@H]1O. The first kappa shape index (κ1) is 37.5. The number of Topliss-reactive ketones (excluding diaryl/α,β-unsaturated/α-hetero) is 1. The Hall–Kier alpha value is -2.80. The van der Waals surface area contributed by atoms with Crippen molar-refractivity contribution in [3.63, 3.8) is 0 Å². The van der Waals surface area contributed by atoms with Crippen LogP contribution in [-0.2, 0) is 19.1 Å². The molecule has 2 saturated heterocycles. The summed E-state index contributed by atoms with van der Waals surface area (Å²) in [6, 6.07) is 2.46. The minimum absolute atomic E-state index is 0.0416. The molecule has 2 bridgehead atoms. The molecule has 5 aliphatic rings. The molecule has 0 spiro atoms. The Morgan fingerprint density at radius 2 is 1.87 bits per heavy atom. The lowest BCUT2D eigenvalue weighted by atomic mass is 9.44. The number of nitrogens with zero attached hydrogens (tertiary/aromatic N) is 4. The number of ether oxygens (including phenoxy) is 1. The Labute approximate surface area is 312 Å². The summed E-state index contributed by atoms with van der Waals surface area (Å²) in [5.74, 6) is -0.147. The average Bonchev–Trinajstić information content (AvgIpc) is 3.77. The Morgan fingerprint density at radius 1 is 1.12 bits per heavy atom. The molecule has 12 heteroatoms. The van der Waals surface area contributed by atoms with E-state index in [1.54, 1.807) is 6.20 Å². The summed E-state index contributed by atoms with van der Waals surface area (Å²) >= 11 is 1.16. The molecular weight excluding hydrogens is 677 g/mol. The average molecular weight is 735 g/mol. The van der Waals surface area contributed by atoms with Gasteiger partial charge in [-0.05, 0) is 87.8 Å². The molecule has 11 nitrogen and oxygen atoms in total. The van der Waals surface area contributed by atoms with Crippen LogP contribution in [0, 0.1) is 34.0 Å². The molecule has 0 unspecified atom stereocenters. The van der Waals surface area contributed by atoms with Crippen LogP contribution < -0.4 is 5.32 Å². The quantitative estimate of drug-likeness (QED) is 0.125. The Morgan fingerprint density at radius 3 is 2.60 bits per heavy atom. The van der Waals surface area contributed by atoms with Crippen molar-refractivity contribution in [3.8, 4) is 0 Å². The lowest BCUT2D eigenvalue weighted by Crippen LogP contribution is -2.63. The van der Waals surface area contributed by atoms with Gasteiger partial charge in [0.2, 0.25) is 5.91 Å². The van der Waals surface area contributed by atoms with Gasteiger partial charge in [-0.15, -0.1) is 6.58 Å². The summed E-state index contributed by atoms with van der Waals surface area (Å²) in [6.07, 6.45) is 11.8. The van der Waals surface area contributed by atoms with Gasteiger partial charge < -0.3 is 25.0 Å². The van der Waals surface area contributed by atoms with Gasteiger partial charge in [-0.3, -0.25) is 19.3 Å². The normalized spacial score (nSPS) is 36.2. The zero-order chi connectivity index (χ0) is 36.8. The van der Waals surface area contributed by atoms with E-state index in [-0.39, 0.29) is 40.6 Å². The van der Waals surface area contributed by atoms with Crippen molar-refractivity contribution in [1.82, 2.24) is 24.8 Å². The first-order valence-corrected chi connectivity index (χ1v) is 20.6. The first-order valence-electron chi connectivity index (χ1n) is 19.7. The van der Waals surface area contributed by atoms with Crippen LogP contribution in [0.25, 0.3) is 11.0 Å². The number of amides is 1. The number of nitrogens with one attached hydrogen (secondary N) is 2. The molecular formula is C40H58N6O5S. The van der Waals surface area contributed by atoms with Crippen LogP contribution in [0.15, 0.2) is 30.1 Å². The molecule has 3 N–H and O–H groups in total. The number of hydrogen-bond acceptors (Lipinski definition) is 10. The molecule has 7 rings (SSSR count). The number of hydrogen-bond donors (Lipinski definition) is 3. The summed E-state index contributed by atoms with van der Waals surface area (Å²) in [7, 11) is 0. The van der Waals surface area contributed by atoms with E-state index in [1.165, 1.54) is 32.4 Å². The summed E-state index contributed by atoms with van der Waals surface area (Å²) in [4.78, 5) is 58.1. The number of ketones is 1. The Balaban J connectivity index is 1.03. The molecule has 4 heterocycles. The number of fused-ring (bicyclic) bond motifs is 1. The molecule has 8 atom stereocenters. The summed E-state index contributed by atoms with van der Waals surface area (Å²) in [5, 5.41) is 15.9. The van der Waals surface area contributed by atoms with E-state index in [9.17, 15) is 19.5 Å². The number of aromatic nitrogens is 3. The van der Waals surface area contributed by atoms with Gasteiger partial charge in [0.05, 0.1) is 23.8 Å². The maximum absolute atomic E-state index is 13.8. The summed E-state index contributed by atoms with van der Waals surface area (Å²) in [6.45, 7) is 17.1. The molecule has 2 aromatic rings. The van der Waals surface area contributed by atoms with Crippen LogP contribution in [0.4, 0.5) is 5.82 Å². The zero-order valence-electron chi connectivity index (χ0n) is 31.5. The number of aliphatic hydroxyl groups is 1. The van der Waals surface area contributed by atoms with Gasteiger partial charge in [-0.1, -0.05) is 52.0 Å². The number of carbonyl (C=O) groups excluding carboxylic acids is 3. The molecule has 5 fully saturated rings. The van der Waals surface area contributed by atoms with Crippen molar-refractivity contribution in [3.05, 3.63) is 24.9 Å². The van der Waals surface area contributed by atoms with E-state index >= 15 is 0 Å². The lowest BCUT2D eigenvalue weighted by molar-refractivity contribution is -0.205. The number of anilines is 1. The number of likely N-dealkylation sites (tertiary alicyclic amines) is 2. The van der Waals surface area contributed by atoms with Crippen LogP contribution >= 0.6 is 11.8 Å². The predicted molar refractivity (Wildman–Crippen MR) is 203 cm³/mol. The monoisotopic (exact) mass is 734 g/mol. The van der Waals surface area contributed by atoms with Crippen LogP contribution in [0.1, 0.15) is 91.9 Å². The number of rotatable bonds is 9. The smallest absolute Gasteiger partial charge is 0.316 e. The van der Waals surface area contributed by atoms with Crippen molar-refractivity contribution < 1.29 is 24.2 Å². The predicted octanol–water partition coefficient (Wildman–Crippen LogP) is 5.85. The van der Waals surface area contributed by atoms with Crippen molar-refractivity contribution in [2.24, 2.45) is 34.0 Å². The molecule has 2 aliphatic heterocycles. The Kier molecular flexibility index (Phi) is 10.7. The number of H-pyrrole nitrogens is 1. The minimum Gasteiger partial charge on any atom is -0.461 e. The second kappa shape index (κ2) is 14.8. The molecule has 284 valence electrons. The van der Waals surface area contributed by atoms with E-state index in [0.29, 0.717) is 47.4 Å². The van der Waals surface area contributed by atoms with Gasteiger partial charge in [0.25, 0.3) is 0 Å². The fraction of sp³-hybridized carbons (Fsp3) is 0.725. The van der Waals surface area contributed by atoms with Crippen LogP contribution in [-0.4, -0.2) is 104 Å². The third kappa shape index (κ3) is 6.75. The van der Waals surface area contributed by atoms with Gasteiger partial charge in [0, 0.05) is 48.5 Å². The highest BCUT2D eigenvalue weighted by atomic mass is 32.2. The van der Waals surface area contributed by atoms with Crippen LogP contribution in [0.2, 0.25) is 0 Å². The van der Waals surface area contributed by atoms with Crippen LogP contribution in [0.5, 0.6) is 0 Å². The Bertz CT molecular complexity index is 1670. The highest BCUT2D eigenvalue weighted by Crippen LogP contribution is 2.68. The second-order valence-electron chi connectivity index (χ2n) is 17.1. The molecule has 0 aromatic carbocycles. The van der Waals surface area contributed by atoms with Crippen molar-refractivity contribution in [1.29, 1.82) is 0 Å². The molecule has 1 amide bonds. The van der Waals surface area contributed by atoms with Gasteiger partial charge in [0.15, 0.2) is 5.16 Å². The maximum atomic E-state index is 13.8. The summed E-state index contributed by atoms with van der Waals surface area (Å²) < 4.78 is 6.43. The minimum atomic E-state index is -0.715. The van der Waals surface area contributed by atoms with Crippen molar-refractivity contribution in [2.45, 2.75) is 115 Å². The number of esters is 1. The van der Waals surface area contributed by atoms with Crippen molar-refractivity contribution >= 4 is 46.3 Å². The third-order valence-corrected chi connectivity index (χ3v) is 15.2. The number of aliphatic hydroxyl groups excluding tert-OH is 1. The van der Waals surface area contributed by atoms with Gasteiger partial charge in [-0.2, -0.15) is 0 Å². The van der Waals surface area contributed by atoms with E-state index in [2.05, 4.69) is 57.4 Å². The largest absolute Gasteiger partial charge is 0.461 e. The highest BCUT2D eigenvalue weighted by molar-refractivity contribution is 7.99. The molecule has 3 aliphatic carbocycles. The van der Waals surface area contributed by atoms with E-state index in [1.807, 2.05) is 19.1 Å². The van der Waals surface area contributed by atoms with Crippen molar-refractivity contribution in [2.75, 3.05) is 43.8 Å². The van der Waals surface area contributed by atoms with Crippen LogP contribution in [0.3, 0.4) is 0 Å².